The maximum atomic E-state index is 8.89. The minimum absolute atomic E-state index is 0. The van der Waals surface area contributed by atoms with E-state index in [1.165, 1.54) is 0 Å². The summed E-state index contributed by atoms with van der Waals surface area (Å²) >= 11 is 0. The van der Waals surface area contributed by atoms with Crippen molar-refractivity contribution in [2.75, 3.05) is 0 Å². The zero-order chi connectivity index (χ0) is 3.58. The van der Waals surface area contributed by atoms with Gasteiger partial charge in [-0.25, -0.2) is 0 Å². The molecule has 0 rings (SSSR count). The van der Waals surface area contributed by atoms with Gasteiger partial charge in [0, 0.05) is 26.2 Å². The zero-order valence-electron chi connectivity index (χ0n) is 2.56. The third-order valence-electron chi connectivity index (χ3n) is 0. The molecular formula is C2H3O2Zr-. The number of aliphatic carboxylic acids is 1. The normalized spacial score (nSPS) is 4.80. The predicted octanol–water partition coefficient (Wildman–Crippen LogP) is -0.0974. The Bertz CT molecular complexity index is 30.6. The average molecular weight is 150 g/mol. The molecule has 0 saturated carbocycles. The molecule has 0 heterocycles. The van der Waals surface area contributed by atoms with Crippen LogP contribution in [0.3, 0.4) is 0 Å². The minimum Gasteiger partial charge on any atom is -0.503 e. The summed E-state index contributed by atoms with van der Waals surface area (Å²) in [6, 6.07) is 0. The number of hydrogen-bond acceptors (Lipinski definition) is 1. The molecule has 1 N–H and O–H groups in total. The van der Waals surface area contributed by atoms with Crippen LogP contribution in [-0.4, -0.2) is 11.1 Å². The Morgan fingerprint density at radius 1 is 1.80 bits per heavy atom. The van der Waals surface area contributed by atoms with E-state index >= 15 is 0 Å². The molecule has 0 aliphatic rings. The molecule has 0 radical (unpaired) electrons. The van der Waals surface area contributed by atoms with Crippen LogP contribution in [-0.2, 0) is 31.0 Å². The van der Waals surface area contributed by atoms with Gasteiger partial charge in [0.1, 0.15) is 0 Å². The monoisotopic (exact) mass is 149 g/mol. The van der Waals surface area contributed by atoms with Crippen LogP contribution in [0.5, 0.6) is 0 Å². The van der Waals surface area contributed by atoms with Gasteiger partial charge >= 0.3 is 0 Å². The second-order valence-corrected chi connectivity index (χ2v) is 0.394. The fourth-order valence-electron chi connectivity index (χ4n) is 0. The molecule has 0 fully saturated rings. The number of carboxylic acid groups (broad SMARTS) is 1. The molecular weight excluding hydrogens is 147 g/mol. The molecule has 0 unspecified atom stereocenters. The zero-order valence-corrected chi connectivity index (χ0v) is 5.02. The van der Waals surface area contributed by atoms with Crippen LogP contribution >= 0.6 is 0 Å². The summed E-state index contributed by atoms with van der Waals surface area (Å²) in [5, 5.41) is 7.31. The number of carboxylic acids is 1. The topological polar surface area (TPSA) is 37.3 Å². The molecule has 0 aromatic rings. The molecule has 3 heteroatoms. The smallest absolute Gasteiger partial charge is 0.161 e. The molecule has 2 nitrogen and oxygen atoms in total. The fourth-order valence-corrected chi connectivity index (χ4v) is 0. The van der Waals surface area contributed by atoms with Crippen molar-refractivity contribution in [3.63, 3.8) is 0 Å². The SMILES string of the molecule is [CH2-]C(=O)O.[Zr]. The van der Waals surface area contributed by atoms with Gasteiger partial charge in [-0.05, 0) is 0 Å². The Labute approximate surface area is 49.3 Å². The van der Waals surface area contributed by atoms with Crippen molar-refractivity contribution in [2.24, 2.45) is 0 Å². The third-order valence-corrected chi connectivity index (χ3v) is 0. The molecule has 0 aliphatic heterocycles. The van der Waals surface area contributed by atoms with Crippen molar-refractivity contribution >= 4 is 5.97 Å². The minimum atomic E-state index is -1.08. The van der Waals surface area contributed by atoms with Gasteiger partial charge in [0.15, 0.2) is 5.97 Å². The van der Waals surface area contributed by atoms with Gasteiger partial charge in [-0.2, -0.15) is 0 Å². The standard InChI is InChI=1S/C2H3O2.Zr/c1-2(3)4;/h1H2,(H,3,4);/q-1;. The van der Waals surface area contributed by atoms with Gasteiger partial charge in [0.05, 0.1) is 0 Å². The molecule has 0 saturated heterocycles. The van der Waals surface area contributed by atoms with E-state index in [1.807, 2.05) is 0 Å². The summed E-state index contributed by atoms with van der Waals surface area (Å²) in [4.78, 5) is 8.89. The summed E-state index contributed by atoms with van der Waals surface area (Å²) in [7, 11) is 0. The van der Waals surface area contributed by atoms with Crippen LogP contribution in [0.2, 0.25) is 0 Å². The van der Waals surface area contributed by atoms with Crippen molar-refractivity contribution < 1.29 is 36.1 Å². The molecule has 0 aromatic carbocycles. The van der Waals surface area contributed by atoms with Crippen LogP contribution in [0.25, 0.3) is 0 Å². The van der Waals surface area contributed by atoms with E-state index in [-0.39, 0.29) is 26.2 Å². The third kappa shape index (κ3) is 419. The number of carbonyl (C=O) groups is 1. The van der Waals surface area contributed by atoms with E-state index in [9.17, 15) is 0 Å². The fraction of sp³-hybridized carbons (Fsp3) is 0. The summed E-state index contributed by atoms with van der Waals surface area (Å²) in [5.74, 6) is -1.08. The summed E-state index contributed by atoms with van der Waals surface area (Å²) in [6.45, 7) is 2.56. The van der Waals surface area contributed by atoms with E-state index in [1.54, 1.807) is 0 Å². The van der Waals surface area contributed by atoms with Gasteiger partial charge in [0.2, 0.25) is 0 Å². The second-order valence-electron chi connectivity index (χ2n) is 0.394. The first-order valence-electron chi connectivity index (χ1n) is 0.781. The van der Waals surface area contributed by atoms with Crippen LogP contribution in [0.1, 0.15) is 0 Å². The van der Waals surface area contributed by atoms with Crippen LogP contribution in [0.4, 0.5) is 0 Å². The first-order chi connectivity index (χ1) is 1.73. The van der Waals surface area contributed by atoms with Crippen molar-refractivity contribution in [2.45, 2.75) is 0 Å². The molecule has 0 atom stereocenters. The van der Waals surface area contributed by atoms with Gasteiger partial charge in [-0.3, -0.25) is 11.7 Å². The Morgan fingerprint density at radius 2 is 1.80 bits per heavy atom. The Hall–Kier alpha value is 0.223. The van der Waals surface area contributed by atoms with Gasteiger partial charge in [-0.15, -0.1) is 0 Å². The summed E-state index contributed by atoms with van der Waals surface area (Å²) in [6.07, 6.45) is 0. The van der Waals surface area contributed by atoms with Crippen molar-refractivity contribution in [1.29, 1.82) is 0 Å². The van der Waals surface area contributed by atoms with E-state index in [4.69, 9.17) is 9.90 Å². The molecule has 0 aromatic heterocycles. The average Bonchev–Trinajstić information content (AvgIpc) is 0.811. The van der Waals surface area contributed by atoms with Crippen LogP contribution < -0.4 is 0 Å². The molecule has 0 aliphatic carbocycles. The van der Waals surface area contributed by atoms with Gasteiger partial charge in [-0.1, -0.05) is 0 Å². The maximum Gasteiger partial charge on any atom is 0.161 e. The van der Waals surface area contributed by atoms with Gasteiger partial charge < -0.3 is 5.11 Å². The quantitative estimate of drug-likeness (QED) is 0.490. The summed E-state index contributed by atoms with van der Waals surface area (Å²) in [5.41, 5.74) is 0. The summed E-state index contributed by atoms with van der Waals surface area (Å²) < 4.78 is 0. The molecule has 5 heavy (non-hydrogen) atoms. The second kappa shape index (κ2) is 4.22. The Morgan fingerprint density at radius 3 is 1.80 bits per heavy atom. The molecule has 0 spiro atoms. The molecule has 0 amide bonds. The molecule has 0 bridgehead atoms. The van der Waals surface area contributed by atoms with Gasteiger partial charge in [0.25, 0.3) is 0 Å². The Balaban J connectivity index is 0. The number of hydrogen-bond donors (Lipinski definition) is 1. The number of rotatable bonds is 0. The first-order valence-corrected chi connectivity index (χ1v) is 0.781. The van der Waals surface area contributed by atoms with E-state index in [0.29, 0.717) is 0 Å². The predicted molar refractivity (Wildman–Crippen MR) is 13.0 cm³/mol. The van der Waals surface area contributed by atoms with E-state index in [2.05, 4.69) is 6.92 Å². The maximum absolute atomic E-state index is 8.89. The Kier molecular flexibility index (Phi) is 7.57. The van der Waals surface area contributed by atoms with E-state index < -0.39 is 5.97 Å². The van der Waals surface area contributed by atoms with Crippen molar-refractivity contribution in [3.8, 4) is 0 Å². The van der Waals surface area contributed by atoms with Crippen LogP contribution in [0, 0.1) is 6.92 Å². The largest absolute Gasteiger partial charge is 0.503 e. The molecule has 28 valence electrons. The first kappa shape index (κ1) is 8.97. The van der Waals surface area contributed by atoms with Crippen molar-refractivity contribution in [3.05, 3.63) is 6.92 Å². The van der Waals surface area contributed by atoms with Crippen LogP contribution in [0.15, 0.2) is 0 Å². The van der Waals surface area contributed by atoms with E-state index in [0.717, 1.165) is 0 Å². The van der Waals surface area contributed by atoms with Crippen molar-refractivity contribution in [1.82, 2.24) is 0 Å².